The van der Waals surface area contributed by atoms with Crippen molar-refractivity contribution in [3.05, 3.63) is 76.9 Å². The normalized spacial score (nSPS) is 11.4. The van der Waals surface area contributed by atoms with Gasteiger partial charge in [-0.15, -0.1) is 11.1 Å². The van der Waals surface area contributed by atoms with Crippen LogP contribution >= 0.6 is 0 Å². The van der Waals surface area contributed by atoms with Crippen LogP contribution in [0.15, 0.2) is 48.5 Å². The summed E-state index contributed by atoms with van der Waals surface area (Å²) < 4.78 is 1.51. The van der Waals surface area contributed by atoms with E-state index in [2.05, 4.69) is 91.2 Å². The molecule has 0 bridgehead atoms. The average molecular weight is 607 g/mol. The van der Waals surface area contributed by atoms with E-state index < -0.39 is 16.1 Å². The number of aryl methyl sites for hydroxylation is 2. The summed E-state index contributed by atoms with van der Waals surface area (Å²) in [5.41, 5.74) is 8.91. The molecule has 3 aromatic carbocycles. The van der Waals surface area contributed by atoms with Gasteiger partial charge >= 0.3 is 41.3 Å². The minimum atomic E-state index is -1.34. The van der Waals surface area contributed by atoms with Gasteiger partial charge in [-0.25, -0.2) is 12.1 Å². The molecule has 0 spiro atoms. The summed E-state index contributed by atoms with van der Waals surface area (Å²) in [4.78, 5) is 0. The molecule has 0 aliphatic heterocycles. The van der Waals surface area contributed by atoms with Crippen molar-refractivity contribution in [2.75, 3.05) is 0 Å². The van der Waals surface area contributed by atoms with Crippen LogP contribution in [0, 0.1) is 19.9 Å². The Kier molecular flexibility index (Phi) is 13.6. The minimum Gasteiger partial charge on any atom is -1.00 e. The Bertz CT molecular complexity index is 984. The van der Waals surface area contributed by atoms with Crippen LogP contribution in [0.2, 0.25) is 39.3 Å². The quantitative estimate of drug-likeness (QED) is 0.235. The Morgan fingerprint density at radius 1 is 0.824 bits per heavy atom. The molecule has 0 N–H and O–H groups in total. The van der Waals surface area contributed by atoms with E-state index in [0.29, 0.717) is 0 Å². The van der Waals surface area contributed by atoms with Gasteiger partial charge in [0.25, 0.3) is 0 Å². The fourth-order valence-electron chi connectivity index (χ4n) is 3.84. The first-order valence-corrected chi connectivity index (χ1v) is 19.8. The van der Waals surface area contributed by atoms with Gasteiger partial charge in [-0.05, 0) is 30.0 Å². The Morgan fingerprint density at radius 2 is 1.32 bits per heavy atom. The zero-order chi connectivity index (χ0) is 24.3. The monoisotopic (exact) mass is 604 g/mol. The summed E-state index contributed by atoms with van der Waals surface area (Å²) in [5.74, 6) is 0. The molecule has 34 heavy (non-hydrogen) atoms. The maximum absolute atomic E-state index is 3.72. The van der Waals surface area contributed by atoms with Crippen molar-refractivity contribution in [1.29, 1.82) is 0 Å². The second kappa shape index (κ2) is 13.8. The van der Waals surface area contributed by atoms with Crippen molar-refractivity contribution in [3.63, 3.8) is 0 Å². The van der Waals surface area contributed by atoms with Crippen LogP contribution in [-0.2, 0) is 30.7 Å². The molecule has 5 heteroatoms. The SMILES string of the molecule is C[C](C)=[Zr+2].Cc1[c-]c([Si](C)(C)C)cc2c1Cc1c(C)cc([Si](C)(C)C)cc1-2.[Cl-].[Cl-].c1cc[cH-]c1. The first kappa shape index (κ1) is 33.6. The average Bonchev–Trinajstić information content (AvgIpc) is 3.31. The van der Waals surface area contributed by atoms with Crippen molar-refractivity contribution in [2.45, 2.75) is 73.4 Å². The van der Waals surface area contributed by atoms with E-state index in [4.69, 9.17) is 0 Å². The Labute approximate surface area is 238 Å². The molecule has 0 saturated heterocycles. The fraction of sp³-hybridized carbons (Fsp3) is 0.379. The molecule has 3 aromatic rings. The second-order valence-corrected chi connectivity index (χ2v) is 23.7. The number of hydrogen-bond acceptors (Lipinski definition) is 0. The van der Waals surface area contributed by atoms with E-state index in [9.17, 15) is 0 Å². The van der Waals surface area contributed by atoms with Crippen molar-refractivity contribution in [1.82, 2.24) is 0 Å². The topological polar surface area (TPSA) is 0 Å². The summed E-state index contributed by atoms with van der Waals surface area (Å²) in [6.45, 7) is 23.4. The van der Waals surface area contributed by atoms with E-state index in [0.717, 1.165) is 6.42 Å². The Hall–Kier alpha value is -0.443. The standard InChI is InChI=1S/C21H29Si2.C5H5.C3H6.2ClH.Zr/c1-14-9-16(22(3,4)5)11-20-18(14)13-19-15(2)10-17(12-21(19)20)23(6,7)8;1-2-4-5-3-1;1-3-2;;;/h9,11-12H,13H2,1-8H3;1-5H;1-2H3;2*1H;/q2*-1;;;;+2/p-2. The van der Waals surface area contributed by atoms with Crippen molar-refractivity contribution in [2.24, 2.45) is 0 Å². The van der Waals surface area contributed by atoms with Crippen molar-refractivity contribution >= 4 is 29.7 Å². The van der Waals surface area contributed by atoms with E-state index in [1.165, 1.54) is 36.2 Å². The van der Waals surface area contributed by atoms with Crippen LogP contribution in [0.4, 0.5) is 0 Å². The summed E-state index contributed by atoms with van der Waals surface area (Å²) in [5, 5.41) is 3.05. The number of benzene rings is 2. The van der Waals surface area contributed by atoms with Crippen LogP contribution in [0.1, 0.15) is 36.1 Å². The van der Waals surface area contributed by atoms with Crippen LogP contribution in [-0.4, -0.2) is 19.4 Å². The van der Waals surface area contributed by atoms with Gasteiger partial charge in [-0.3, -0.25) is 0 Å². The molecule has 0 fully saturated rings. The molecule has 1 aliphatic carbocycles. The molecule has 0 saturated carbocycles. The first-order valence-electron chi connectivity index (χ1n) is 11.6. The molecule has 0 nitrogen and oxygen atoms in total. The molecule has 1 aliphatic rings. The molecule has 0 unspecified atom stereocenters. The molecule has 4 rings (SSSR count). The molecule has 0 atom stereocenters. The van der Waals surface area contributed by atoms with Crippen molar-refractivity contribution in [3.8, 4) is 11.1 Å². The van der Waals surface area contributed by atoms with E-state index in [1.807, 2.05) is 30.3 Å². The van der Waals surface area contributed by atoms with Gasteiger partial charge in [0, 0.05) is 0 Å². The summed E-state index contributed by atoms with van der Waals surface area (Å²) in [6, 6.07) is 21.1. The minimum absolute atomic E-state index is 0. The number of halogens is 2. The predicted molar refractivity (Wildman–Crippen MR) is 147 cm³/mol. The summed E-state index contributed by atoms with van der Waals surface area (Å²) in [7, 11) is -2.63. The van der Waals surface area contributed by atoms with Gasteiger partial charge in [-0.2, -0.15) is 41.1 Å². The Balaban J connectivity index is 0.000000840. The van der Waals surface area contributed by atoms with Crippen LogP contribution in [0.3, 0.4) is 0 Å². The summed E-state index contributed by atoms with van der Waals surface area (Å²) >= 11 is 1.55. The van der Waals surface area contributed by atoms with E-state index in [-0.39, 0.29) is 24.8 Å². The number of fused-ring (bicyclic) bond motifs is 3. The molecular formula is C29H40Cl2Si2Zr-2. The molecule has 0 heterocycles. The largest absolute Gasteiger partial charge is 1.00 e. The second-order valence-electron chi connectivity index (χ2n) is 11.2. The number of hydrogen-bond donors (Lipinski definition) is 0. The van der Waals surface area contributed by atoms with E-state index in [1.54, 1.807) is 35.0 Å². The van der Waals surface area contributed by atoms with Gasteiger partial charge in [0.1, 0.15) is 0 Å². The van der Waals surface area contributed by atoms with Crippen LogP contribution in [0.25, 0.3) is 11.1 Å². The van der Waals surface area contributed by atoms with Crippen molar-refractivity contribution < 1.29 is 49.0 Å². The predicted octanol–water partition coefficient (Wildman–Crippen LogP) is 0.924. The first-order chi connectivity index (χ1) is 14.7. The Morgan fingerprint density at radius 3 is 1.74 bits per heavy atom. The third-order valence-electron chi connectivity index (χ3n) is 5.73. The molecular weight excluding hydrogens is 567 g/mol. The van der Waals surface area contributed by atoms with Crippen LogP contribution in [0.5, 0.6) is 0 Å². The maximum atomic E-state index is 3.72. The summed E-state index contributed by atoms with van der Waals surface area (Å²) in [6.07, 6.45) is 1.09. The zero-order valence-electron chi connectivity index (χ0n) is 22.6. The van der Waals surface area contributed by atoms with E-state index >= 15 is 0 Å². The van der Waals surface area contributed by atoms with Gasteiger partial charge < -0.3 is 24.8 Å². The molecule has 0 amide bonds. The van der Waals surface area contributed by atoms with Gasteiger partial charge in [0.05, 0.1) is 16.1 Å². The molecule has 0 radical (unpaired) electrons. The van der Waals surface area contributed by atoms with Gasteiger partial charge in [0.2, 0.25) is 0 Å². The molecule has 0 aromatic heterocycles. The zero-order valence-corrected chi connectivity index (χ0v) is 28.6. The number of rotatable bonds is 2. The third kappa shape index (κ3) is 9.21. The smallest absolute Gasteiger partial charge is 0.0776 e. The maximum Gasteiger partial charge on any atom is 0.0776 e. The molecule has 184 valence electrons. The fourth-order valence-corrected chi connectivity index (χ4v) is 6.21. The van der Waals surface area contributed by atoms with Gasteiger partial charge in [0.15, 0.2) is 0 Å². The third-order valence-corrected chi connectivity index (χ3v) is 9.64. The van der Waals surface area contributed by atoms with Crippen LogP contribution < -0.4 is 35.2 Å². The van der Waals surface area contributed by atoms with Gasteiger partial charge in [-0.1, -0.05) is 63.5 Å².